The number of ether oxygens (including phenoxy) is 1. The van der Waals surface area contributed by atoms with Gasteiger partial charge in [-0.1, -0.05) is 28.8 Å². The van der Waals surface area contributed by atoms with E-state index in [1.54, 1.807) is 0 Å². The van der Waals surface area contributed by atoms with E-state index in [0.29, 0.717) is 12.8 Å². The Bertz CT molecular complexity index is 236. The van der Waals surface area contributed by atoms with Crippen molar-refractivity contribution in [3.8, 4) is 0 Å². The molecule has 80 valence electrons. The van der Waals surface area contributed by atoms with Gasteiger partial charge in [-0.25, -0.2) is 4.79 Å². The van der Waals surface area contributed by atoms with E-state index in [2.05, 4.69) is 26.0 Å². The van der Waals surface area contributed by atoms with Crippen LogP contribution in [0.25, 0.3) is 0 Å². The summed E-state index contributed by atoms with van der Waals surface area (Å²) in [7, 11) is 1.30. The van der Waals surface area contributed by atoms with Crippen LogP contribution < -0.4 is 5.32 Å². The Morgan fingerprint density at radius 2 is 2.00 bits per heavy atom. The summed E-state index contributed by atoms with van der Waals surface area (Å²) in [5.74, 6) is 0.0281. The topological polar surface area (TPSA) is 55.4 Å². The van der Waals surface area contributed by atoms with Crippen LogP contribution in [0.15, 0.2) is 0 Å². The van der Waals surface area contributed by atoms with Crippen LogP contribution >= 0.6 is 15.9 Å². The predicted molar refractivity (Wildman–Crippen MR) is 55.5 cm³/mol. The highest BCUT2D eigenvalue weighted by atomic mass is 79.9. The number of alkyl carbamates (subject to hydrolysis) is 1. The first-order chi connectivity index (χ1) is 6.64. The number of methoxy groups -OCH3 is 1. The molecule has 1 fully saturated rings. The van der Waals surface area contributed by atoms with Crippen LogP contribution in [-0.2, 0) is 9.53 Å². The molecule has 1 aliphatic rings. The van der Waals surface area contributed by atoms with Crippen molar-refractivity contribution in [1.29, 1.82) is 0 Å². The van der Waals surface area contributed by atoms with Crippen molar-refractivity contribution in [3.63, 3.8) is 0 Å². The van der Waals surface area contributed by atoms with Gasteiger partial charge in [-0.05, 0) is 12.8 Å². The highest BCUT2D eigenvalue weighted by Gasteiger charge is 2.41. The molecule has 0 spiro atoms. The number of alkyl halides is 1. The second kappa shape index (κ2) is 4.77. The number of halogens is 1. The fourth-order valence-corrected chi connectivity index (χ4v) is 2.36. The Morgan fingerprint density at radius 1 is 1.43 bits per heavy atom. The van der Waals surface area contributed by atoms with Gasteiger partial charge in [0.1, 0.15) is 5.54 Å². The van der Waals surface area contributed by atoms with Gasteiger partial charge >= 0.3 is 6.09 Å². The van der Waals surface area contributed by atoms with Crippen LogP contribution in [0.1, 0.15) is 25.7 Å². The number of nitrogens with one attached hydrogen (secondary N) is 1. The molecular weight excluding hydrogens is 250 g/mol. The van der Waals surface area contributed by atoms with Gasteiger partial charge in [0.25, 0.3) is 0 Å². The summed E-state index contributed by atoms with van der Waals surface area (Å²) < 4.78 is 4.51. The maximum absolute atomic E-state index is 11.7. The maximum atomic E-state index is 11.7. The van der Waals surface area contributed by atoms with Gasteiger partial charge in [-0.3, -0.25) is 4.79 Å². The Balaban J connectivity index is 2.71. The lowest BCUT2D eigenvalue weighted by Crippen LogP contribution is -2.53. The summed E-state index contributed by atoms with van der Waals surface area (Å²) >= 11 is 3.13. The van der Waals surface area contributed by atoms with Crippen LogP contribution in [0.4, 0.5) is 4.79 Å². The lowest BCUT2D eigenvalue weighted by molar-refractivity contribution is -0.122. The summed E-state index contributed by atoms with van der Waals surface area (Å²) in [5.41, 5.74) is -0.684. The Kier molecular flexibility index (Phi) is 3.92. The number of carbonyl (C=O) groups is 2. The fourth-order valence-electron chi connectivity index (χ4n) is 1.83. The molecule has 0 aliphatic heterocycles. The smallest absolute Gasteiger partial charge is 0.407 e. The molecule has 1 aliphatic carbocycles. The minimum atomic E-state index is -0.684. The van der Waals surface area contributed by atoms with E-state index in [0.717, 1.165) is 12.8 Å². The van der Waals surface area contributed by atoms with Crippen molar-refractivity contribution in [2.45, 2.75) is 31.2 Å². The zero-order valence-electron chi connectivity index (χ0n) is 8.14. The molecule has 1 amide bonds. The third kappa shape index (κ3) is 2.26. The van der Waals surface area contributed by atoms with Gasteiger partial charge in [0.2, 0.25) is 0 Å². The molecule has 1 saturated carbocycles. The first-order valence-corrected chi connectivity index (χ1v) is 5.72. The summed E-state index contributed by atoms with van der Waals surface area (Å²) in [6, 6.07) is 0. The number of hydrogen-bond donors (Lipinski definition) is 1. The largest absolute Gasteiger partial charge is 0.453 e. The molecule has 0 aromatic rings. The van der Waals surface area contributed by atoms with Crippen LogP contribution in [0.3, 0.4) is 0 Å². The van der Waals surface area contributed by atoms with Crippen molar-refractivity contribution in [2.75, 3.05) is 12.4 Å². The lowest BCUT2D eigenvalue weighted by atomic mass is 9.93. The molecule has 5 heteroatoms. The second-order valence-corrected chi connectivity index (χ2v) is 4.02. The first kappa shape index (κ1) is 11.5. The van der Waals surface area contributed by atoms with Gasteiger partial charge < -0.3 is 10.1 Å². The molecule has 0 bridgehead atoms. The number of Topliss-reactive ketones (excluding diaryl/α,β-unsaturated/α-hetero) is 1. The van der Waals surface area contributed by atoms with Crippen LogP contribution in [-0.4, -0.2) is 29.9 Å². The Morgan fingerprint density at radius 3 is 2.43 bits per heavy atom. The minimum Gasteiger partial charge on any atom is -0.453 e. The molecule has 14 heavy (non-hydrogen) atoms. The Labute approximate surface area is 91.5 Å². The maximum Gasteiger partial charge on any atom is 0.407 e. The molecule has 0 aromatic carbocycles. The third-order valence-corrected chi connectivity index (χ3v) is 3.15. The molecule has 0 aromatic heterocycles. The summed E-state index contributed by atoms with van der Waals surface area (Å²) in [5, 5.41) is 2.93. The average molecular weight is 264 g/mol. The third-order valence-electron chi connectivity index (χ3n) is 2.64. The molecule has 1 rings (SSSR count). The van der Waals surface area contributed by atoms with Crippen LogP contribution in [0.5, 0.6) is 0 Å². The van der Waals surface area contributed by atoms with E-state index in [4.69, 9.17) is 0 Å². The van der Waals surface area contributed by atoms with E-state index in [1.165, 1.54) is 7.11 Å². The van der Waals surface area contributed by atoms with Crippen molar-refractivity contribution >= 4 is 27.8 Å². The molecule has 0 unspecified atom stereocenters. The zero-order chi connectivity index (χ0) is 10.6. The Hall–Kier alpha value is -0.580. The highest BCUT2D eigenvalue weighted by molar-refractivity contribution is 9.09. The molecule has 0 atom stereocenters. The van der Waals surface area contributed by atoms with Crippen molar-refractivity contribution < 1.29 is 14.3 Å². The average Bonchev–Trinajstić information content (AvgIpc) is 2.66. The molecular formula is C9H14BrNO3. The molecule has 4 nitrogen and oxygen atoms in total. The van der Waals surface area contributed by atoms with Gasteiger partial charge in [-0.2, -0.15) is 0 Å². The van der Waals surface area contributed by atoms with Gasteiger partial charge in [0, 0.05) is 0 Å². The van der Waals surface area contributed by atoms with Gasteiger partial charge in [0.15, 0.2) is 5.78 Å². The number of rotatable bonds is 3. The predicted octanol–water partition coefficient (Wildman–Crippen LogP) is 1.62. The number of hydrogen-bond acceptors (Lipinski definition) is 3. The van der Waals surface area contributed by atoms with Crippen molar-refractivity contribution in [2.24, 2.45) is 0 Å². The van der Waals surface area contributed by atoms with Crippen LogP contribution in [0.2, 0.25) is 0 Å². The first-order valence-electron chi connectivity index (χ1n) is 4.60. The van der Waals surface area contributed by atoms with E-state index in [1.807, 2.05) is 0 Å². The summed E-state index contributed by atoms with van der Waals surface area (Å²) in [6.45, 7) is 0. The van der Waals surface area contributed by atoms with Crippen LogP contribution in [0, 0.1) is 0 Å². The van der Waals surface area contributed by atoms with E-state index >= 15 is 0 Å². The summed E-state index contributed by atoms with van der Waals surface area (Å²) in [6.07, 6.45) is 2.85. The van der Waals surface area contributed by atoms with E-state index in [9.17, 15) is 9.59 Å². The number of carbonyl (C=O) groups excluding carboxylic acids is 2. The second-order valence-electron chi connectivity index (χ2n) is 3.46. The normalized spacial score (nSPS) is 19.0. The molecule has 1 N–H and O–H groups in total. The SMILES string of the molecule is COC(=O)NC1(C(=O)CBr)CCCC1. The number of amides is 1. The summed E-state index contributed by atoms with van der Waals surface area (Å²) in [4.78, 5) is 22.8. The minimum absolute atomic E-state index is 0.0281. The fraction of sp³-hybridized carbons (Fsp3) is 0.778. The van der Waals surface area contributed by atoms with Gasteiger partial charge in [0.05, 0.1) is 12.4 Å². The quantitative estimate of drug-likeness (QED) is 0.788. The monoisotopic (exact) mass is 263 g/mol. The van der Waals surface area contributed by atoms with Gasteiger partial charge in [-0.15, -0.1) is 0 Å². The van der Waals surface area contributed by atoms with E-state index < -0.39 is 11.6 Å². The molecule has 0 saturated heterocycles. The van der Waals surface area contributed by atoms with Crippen molar-refractivity contribution in [1.82, 2.24) is 5.32 Å². The standard InChI is InChI=1S/C9H14BrNO3/c1-14-8(13)11-9(7(12)6-10)4-2-3-5-9/h2-6H2,1H3,(H,11,13). The molecule has 0 radical (unpaired) electrons. The lowest BCUT2D eigenvalue weighted by Gasteiger charge is -2.27. The molecule has 0 heterocycles. The number of ketones is 1. The highest BCUT2D eigenvalue weighted by Crippen LogP contribution is 2.31. The zero-order valence-corrected chi connectivity index (χ0v) is 9.72. The van der Waals surface area contributed by atoms with E-state index in [-0.39, 0.29) is 11.1 Å². The van der Waals surface area contributed by atoms with Crippen molar-refractivity contribution in [3.05, 3.63) is 0 Å².